The van der Waals surface area contributed by atoms with E-state index in [0.29, 0.717) is 23.7 Å². The van der Waals surface area contributed by atoms with Crippen LogP contribution in [0.2, 0.25) is 0 Å². The molecule has 0 aliphatic heterocycles. The van der Waals surface area contributed by atoms with Crippen LogP contribution >= 0.6 is 0 Å². The topological polar surface area (TPSA) is 90.5 Å². The molecule has 0 saturated heterocycles. The molecule has 5 rings (SSSR count). The number of hydrogen-bond acceptors (Lipinski definition) is 7. The first-order valence-electron chi connectivity index (χ1n) is 9.14. The molecule has 0 unspecified atom stereocenters. The van der Waals surface area contributed by atoms with Gasteiger partial charge in [-0.3, -0.25) is 0 Å². The molecule has 2 fully saturated rings. The number of pyridine rings is 2. The Bertz CT molecular complexity index is 930. The first-order valence-corrected chi connectivity index (χ1v) is 9.14. The molecule has 7 nitrogen and oxygen atoms in total. The Balaban J connectivity index is 1.17. The van der Waals surface area contributed by atoms with Crippen LogP contribution in [0.15, 0.2) is 47.2 Å². The Labute approximate surface area is 156 Å². The van der Waals surface area contributed by atoms with Crippen molar-refractivity contribution in [2.75, 3.05) is 0 Å². The zero-order valence-electron chi connectivity index (χ0n) is 14.6. The fraction of sp³-hybridized carbons (Fsp3) is 0.350. The number of nitrogens with zero attached hydrogens (tertiary/aromatic N) is 3. The Morgan fingerprint density at radius 1 is 0.963 bits per heavy atom. The van der Waals surface area contributed by atoms with Crippen molar-refractivity contribution in [1.29, 1.82) is 0 Å². The third kappa shape index (κ3) is 3.58. The summed E-state index contributed by atoms with van der Waals surface area (Å²) in [7, 11) is 0. The lowest BCUT2D eigenvalue weighted by molar-refractivity contribution is 0.0934. The average Bonchev–Trinajstić information content (AvgIpc) is 3.36. The summed E-state index contributed by atoms with van der Waals surface area (Å²) >= 11 is 0. The van der Waals surface area contributed by atoms with E-state index in [4.69, 9.17) is 14.0 Å². The molecule has 0 bridgehead atoms. The molecule has 3 heterocycles. The second kappa shape index (κ2) is 6.57. The Kier molecular flexibility index (Phi) is 3.92. The highest BCUT2D eigenvalue weighted by molar-refractivity contribution is 5.57. The Hall–Kier alpha value is -3.09. The number of aromatic hydroxyl groups is 1. The van der Waals surface area contributed by atoms with Crippen LogP contribution in [0.3, 0.4) is 0 Å². The van der Waals surface area contributed by atoms with E-state index in [1.165, 1.54) is 11.6 Å². The van der Waals surface area contributed by atoms with Gasteiger partial charge in [0, 0.05) is 36.2 Å². The molecule has 0 radical (unpaired) electrons. The van der Waals surface area contributed by atoms with Crippen molar-refractivity contribution < 1.29 is 19.1 Å². The third-order valence-corrected chi connectivity index (χ3v) is 4.94. The summed E-state index contributed by atoms with van der Waals surface area (Å²) in [5, 5.41) is 12.7. The zero-order valence-corrected chi connectivity index (χ0v) is 14.6. The van der Waals surface area contributed by atoms with Gasteiger partial charge in [-0.1, -0.05) is 0 Å². The van der Waals surface area contributed by atoms with E-state index in [9.17, 15) is 5.11 Å². The summed E-state index contributed by atoms with van der Waals surface area (Å²) in [6.45, 7) is 0. The number of ether oxygens (including phenoxy) is 2. The van der Waals surface area contributed by atoms with Crippen molar-refractivity contribution in [2.24, 2.45) is 0 Å². The van der Waals surface area contributed by atoms with Crippen LogP contribution in [-0.2, 0) is 0 Å². The van der Waals surface area contributed by atoms with Gasteiger partial charge < -0.3 is 19.1 Å². The number of rotatable bonds is 6. The molecule has 3 aromatic heterocycles. The molecule has 2 aliphatic carbocycles. The Morgan fingerprint density at radius 3 is 2.52 bits per heavy atom. The molecular formula is C20H19N3O4. The standard InChI is InChI=1S/C20H19N3O4/c24-18-10-17(27-23-18)13-1-4-19(22-11-13)26-16-7-14(8-16)12-5-6-21-20(9-12)25-15-2-3-15/h1,4-6,9-11,14-16H,2-3,7-8H2,(H,23,24)/t14-,16+. The van der Waals surface area contributed by atoms with Gasteiger partial charge in [-0.25, -0.2) is 9.97 Å². The van der Waals surface area contributed by atoms with Crippen molar-refractivity contribution in [3.05, 3.63) is 48.3 Å². The van der Waals surface area contributed by atoms with Gasteiger partial charge in [-0.2, -0.15) is 0 Å². The van der Waals surface area contributed by atoms with Gasteiger partial charge in [0.15, 0.2) is 5.76 Å². The van der Waals surface area contributed by atoms with Crippen LogP contribution in [0.1, 0.15) is 37.2 Å². The second-order valence-corrected chi connectivity index (χ2v) is 7.09. The smallest absolute Gasteiger partial charge is 0.252 e. The van der Waals surface area contributed by atoms with E-state index >= 15 is 0 Å². The first kappa shape index (κ1) is 16.1. The molecule has 7 heteroatoms. The minimum absolute atomic E-state index is 0.146. The van der Waals surface area contributed by atoms with E-state index < -0.39 is 0 Å². The van der Waals surface area contributed by atoms with Crippen LogP contribution in [0.5, 0.6) is 17.6 Å². The zero-order chi connectivity index (χ0) is 18.2. The van der Waals surface area contributed by atoms with E-state index in [1.807, 2.05) is 12.3 Å². The SMILES string of the molecule is Oc1cc(-c2ccc(O[C@H]3C[C@@H](c4ccnc(OC5CC5)c4)C3)nc2)on1. The maximum absolute atomic E-state index is 9.25. The Morgan fingerprint density at radius 2 is 1.81 bits per heavy atom. The van der Waals surface area contributed by atoms with Crippen molar-refractivity contribution >= 4 is 0 Å². The largest absolute Gasteiger partial charge is 0.491 e. The maximum Gasteiger partial charge on any atom is 0.252 e. The molecular weight excluding hydrogens is 346 g/mol. The molecule has 1 N–H and O–H groups in total. The number of hydrogen-bond donors (Lipinski definition) is 1. The summed E-state index contributed by atoms with van der Waals surface area (Å²) in [4.78, 5) is 8.61. The van der Waals surface area contributed by atoms with Gasteiger partial charge in [0.1, 0.15) is 12.2 Å². The quantitative estimate of drug-likeness (QED) is 0.712. The van der Waals surface area contributed by atoms with E-state index in [-0.39, 0.29) is 12.0 Å². The van der Waals surface area contributed by atoms with Crippen molar-refractivity contribution in [3.8, 4) is 29.0 Å². The first-order chi connectivity index (χ1) is 13.2. The van der Waals surface area contributed by atoms with E-state index in [1.54, 1.807) is 12.3 Å². The van der Waals surface area contributed by atoms with Gasteiger partial charge in [-0.05, 0) is 54.5 Å². The van der Waals surface area contributed by atoms with E-state index in [0.717, 1.165) is 37.1 Å². The fourth-order valence-corrected chi connectivity index (χ4v) is 3.20. The van der Waals surface area contributed by atoms with Gasteiger partial charge in [0.2, 0.25) is 11.8 Å². The van der Waals surface area contributed by atoms with Crippen molar-refractivity contribution in [3.63, 3.8) is 0 Å². The molecule has 138 valence electrons. The summed E-state index contributed by atoms with van der Waals surface area (Å²) in [6, 6.07) is 9.20. The number of aromatic nitrogens is 3. The van der Waals surface area contributed by atoms with Crippen molar-refractivity contribution in [2.45, 2.75) is 43.8 Å². The second-order valence-electron chi connectivity index (χ2n) is 7.09. The molecule has 0 atom stereocenters. The normalized spacial score (nSPS) is 21.5. The predicted octanol–water partition coefficient (Wildman–Crippen LogP) is 3.70. The summed E-state index contributed by atoms with van der Waals surface area (Å²) < 4.78 is 16.7. The van der Waals surface area contributed by atoms with Crippen molar-refractivity contribution in [1.82, 2.24) is 15.1 Å². The monoisotopic (exact) mass is 365 g/mol. The summed E-state index contributed by atoms with van der Waals surface area (Å²) in [5.41, 5.74) is 2.00. The highest BCUT2D eigenvalue weighted by atomic mass is 16.5. The molecule has 3 aromatic rings. The highest BCUT2D eigenvalue weighted by Gasteiger charge is 2.33. The average molecular weight is 365 g/mol. The molecule has 2 aliphatic rings. The lowest BCUT2D eigenvalue weighted by Crippen LogP contribution is -2.32. The van der Waals surface area contributed by atoms with Crippen LogP contribution in [0, 0.1) is 0 Å². The van der Waals surface area contributed by atoms with Gasteiger partial charge >= 0.3 is 0 Å². The predicted molar refractivity (Wildman–Crippen MR) is 95.7 cm³/mol. The van der Waals surface area contributed by atoms with E-state index in [2.05, 4.69) is 27.3 Å². The minimum Gasteiger partial charge on any atom is -0.491 e. The highest BCUT2D eigenvalue weighted by Crippen LogP contribution is 2.40. The van der Waals surface area contributed by atoms with Crippen LogP contribution in [0.4, 0.5) is 0 Å². The molecule has 0 aromatic carbocycles. The molecule has 0 amide bonds. The van der Waals surface area contributed by atoms with Crippen LogP contribution in [-0.4, -0.2) is 32.4 Å². The van der Waals surface area contributed by atoms with Gasteiger partial charge in [-0.15, -0.1) is 0 Å². The van der Waals surface area contributed by atoms with Gasteiger partial charge in [0.05, 0.1) is 0 Å². The molecule has 0 spiro atoms. The molecule has 27 heavy (non-hydrogen) atoms. The van der Waals surface area contributed by atoms with Crippen LogP contribution < -0.4 is 9.47 Å². The molecule has 2 saturated carbocycles. The minimum atomic E-state index is -0.146. The van der Waals surface area contributed by atoms with Gasteiger partial charge in [0.25, 0.3) is 5.88 Å². The third-order valence-electron chi connectivity index (χ3n) is 4.94. The van der Waals surface area contributed by atoms with Crippen LogP contribution in [0.25, 0.3) is 11.3 Å². The fourth-order valence-electron chi connectivity index (χ4n) is 3.20. The lowest BCUT2D eigenvalue weighted by Gasteiger charge is -2.35. The lowest BCUT2D eigenvalue weighted by atomic mass is 9.78. The maximum atomic E-state index is 9.25. The summed E-state index contributed by atoms with van der Waals surface area (Å²) in [6.07, 6.45) is 8.16. The summed E-state index contributed by atoms with van der Waals surface area (Å²) in [5.74, 6) is 2.11.